The standard InChI is InChI=1S/C12H6ClF3N2O2/c13-7-2-1-3-10(12(7)18(19)20)17-11-8(15)4-6(14)5-9(11)16/h1-5,17H. The summed E-state index contributed by atoms with van der Waals surface area (Å²) in [6.07, 6.45) is 0. The maximum absolute atomic E-state index is 13.5. The minimum atomic E-state index is -1.21. The first-order chi connectivity index (χ1) is 9.40. The Hall–Kier alpha value is -2.28. The van der Waals surface area contributed by atoms with Crippen molar-refractivity contribution in [2.75, 3.05) is 5.32 Å². The molecule has 8 heteroatoms. The topological polar surface area (TPSA) is 55.2 Å². The maximum Gasteiger partial charge on any atom is 0.311 e. The number of nitro groups is 1. The number of hydrogen-bond donors (Lipinski definition) is 1. The van der Waals surface area contributed by atoms with Crippen LogP contribution in [-0.2, 0) is 0 Å². The van der Waals surface area contributed by atoms with Crippen LogP contribution < -0.4 is 5.32 Å². The van der Waals surface area contributed by atoms with Crippen LogP contribution in [-0.4, -0.2) is 4.92 Å². The molecular weight excluding hydrogens is 297 g/mol. The Balaban J connectivity index is 2.51. The average molecular weight is 303 g/mol. The quantitative estimate of drug-likeness (QED) is 0.675. The van der Waals surface area contributed by atoms with E-state index in [0.717, 1.165) is 0 Å². The van der Waals surface area contributed by atoms with Gasteiger partial charge in [0.1, 0.15) is 22.2 Å². The predicted octanol–water partition coefficient (Wildman–Crippen LogP) is 4.41. The third-order valence-electron chi connectivity index (χ3n) is 2.44. The Morgan fingerprint density at radius 3 is 2.30 bits per heavy atom. The fourth-order valence-corrected chi connectivity index (χ4v) is 1.84. The van der Waals surface area contributed by atoms with Crippen LogP contribution >= 0.6 is 11.6 Å². The molecule has 0 saturated carbocycles. The Kier molecular flexibility index (Phi) is 3.80. The maximum atomic E-state index is 13.5. The molecule has 0 radical (unpaired) electrons. The molecule has 0 atom stereocenters. The van der Waals surface area contributed by atoms with Gasteiger partial charge in [0, 0.05) is 12.1 Å². The van der Waals surface area contributed by atoms with Crippen molar-refractivity contribution in [2.24, 2.45) is 0 Å². The fourth-order valence-electron chi connectivity index (χ4n) is 1.60. The van der Waals surface area contributed by atoms with Gasteiger partial charge in [0.05, 0.1) is 4.92 Å². The largest absolute Gasteiger partial charge is 0.345 e. The van der Waals surface area contributed by atoms with E-state index in [-0.39, 0.29) is 10.7 Å². The first-order valence-electron chi connectivity index (χ1n) is 5.24. The number of nitro benzene ring substituents is 1. The molecule has 0 aliphatic carbocycles. The molecule has 0 amide bonds. The molecule has 0 saturated heterocycles. The molecule has 2 rings (SSSR count). The summed E-state index contributed by atoms with van der Waals surface area (Å²) in [6, 6.07) is 4.79. The van der Waals surface area contributed by atoms with E-state index in [1.54, 1.807) is 0 Å². The lowest BCUT2D eigenvalue weighted by Crippen LogP contribution is -2.02. The molecule has 2 aromatic rings. The van der Waals surface area contributed by atoms with Gasteiger partial charge in [-0.3, -0.25) is 10.1 Å². The van der Waals surface area contributed by atoms with Gasteiger partial charge in [-0.1, -0.05) is 17.7 Å². The van der Waals surface area contributed by atoms with E-state index in [1.165, 1.54) is 18.2 Å². The third kappa shape index (κ3) is 2.67. The van der Waals surface area contributed by atoms with E-state index in [0.29, 0.717) is 12.1 Å². The van der Waals surface area contributed by atoms with Crippen molar-refractivity contribution >= 4 is 28.7 Å². The SMILES string of the molecule is O=[N+]([O-])c1c(Cl)cccc1Nc1c(F)cc(F)cc1F. The summed E-state index contributed by atoms with van der Waals surface area (Å²) in [5, 5.41) is 12.9. The van der Waals surface area contributed by atoms with Gasteiger partial charge in [0.15, 0.2) is 11.6 Å². The molecule has 0 fully saturated rings. The van der Waals surface area contributed by atoms with Crippen molar-refractivity contribution < 1.29 is 18.1 Å². The zero-order valence-electron chi connectivity index (χ0n) is 9.66. The smallest absolute Gasteiger partial charge is 0.311 e. The van der Waals surface area contributed by atoms with Gasteiger partial charge in [0.2, 0.25) is 0 Å². The highest BCUT2D eigenvalue weighted by molar-refractivity contribution is 6.33. The van der Waals surface area contributed by atoms with Crippen LogP contribution in [0.5, 0.6) is 0 Å². The molecule has 4 nitrogen and oxygen atoms in total. The normalized spacial score (nSPS) is 10.4. The molecule has 20 heavy (non-hydrogen) atoms. The summed E-state index contributed by atoms with van der Waals surface area (Å²) in [6.45, 7) is 0. The summed E-state index contributed by atoms with van der Waals surface area (Å²) in [7, 11) is 0. The Bertz CT molecular complexity index is 671. The molecule has 0 aromatic heterocycles. The third-order valence-corrected chi connectivity index (χ3v) is 2.74. The number of benzene rings is 2. The van der Waals surface area contributed by atoms with Gasteiger partial charge in [-0.05, 0) is 12.1 Å². The molecule has 1 N–H and O–H groups in total. The number of rotatable bonds is 3. The van der Waals surface area contributed by atoms with Crippen LogP contribution in [0.15, 0.2) is 30.3 Å². The highest BCUT2D eigenvalue weighted by Gasteiger charge is 2.21. The van der Waals surface area contributed by atoms with E-state index in [4.69, 9.17) is 11.6 Å². The molecule has 2 aromatic carbocycles. The van der Waals surface area contributed by atoms with E-state index >= 15 is 0 Å². The lowest BCUT2D eigenvalue weighted by Gasteiger charge is -2.10. The van der Waals surface area contributed by atoms with Gasteiger partial charge in [-0.15, -0.1) is 0 Å². The van der Waals surface area contributed by atoms with Crippen molar-refractivity contribution in [3.05, 3.63) is 62.9 Å². The Labute approximate surface area is 115 Å². The zero-order chi connectivity index (χ0) is 14.9. The second-order valence-corrected chi connectivity index (χ2v) is 4.17. The summed E-state index contributed by atoms with van der Waals surface area (Å²) in [5.41, 5.74) is -1.43. The van der Waals surface area contributed by atoms with Gasteiger partial charge in [-0.25, -0.2) is 13.2 Å². The molecule has 0 aliphatic heterocycles. The summed E-state index contributed by atoms with van der Waals surface area (Å²) in [5.74, 6) is -3.51. The van der Waals surface area contributed by atoms with Gasteiger partial charge in [0.25, 0.3) is 0 Å². The number of nitrogens with one attached hydrogen (secondary N) is 1. The van der Waals surface area contributed by atoms with Crippen molar-refractivity contribution in [3.8, 4) is 0 Å². The molecule has 0 unspecified atom stereocenters. The summed E-state index contributed by atoms with van der Waals surface area (Å²) >= 11 is 5.67. The highest BCUT2D eigenvalue weighted by atomic mass is 35.5. The van der Waals surface area contributed by atoms with Crippen LogP contribution in [0.1, 0.15) is 0 Å². The van der Waals surface area contributed by atoms with Crippen molar-refractivity contribution in [3.63, 3.8) is 0 Å². The molecule has 0 spiro atoms. The average Bonchev–Trinajstić information content (AvgIpc) is 2.33. The first-order valence-corrected chi connectivity index (χ1v) is 5.62. The minimum Gasteiger partial charge on any atom is -0.345 e. The second kappa shape index (κ2) is 5.38. The van der Waals surface area contributed by atoms with Crippen LogP contribution in [0.3, 0.4) is 0 Å². The number of anilines is 2. The van der Waals surface area contributed by atoms with Gasteiger partial charge in [-0.2, -0.15) is 0 Å². The molecule has 104 valence electrons. The van der Waals surface area contributed by atoms with E-state index in [9.17, 15) is 23.3 Å². The first kappa shape index (κ1) is 14.1. The van der Waals surface area contributed by atoms with Crippen LogP contribution in [0.25, 0.3) is 0 Å². The zero-order valence-corrected chi connectivity index (χ0v) is 10.4. The molecule has 0 heterocycles. The predicted molar refractivity (Wildman–Crippen MR) is 67.7 cm³/mol. The van der Waals surface area contributed by atoms with Crippen molar-refractivity contribution in [1.82, 2.24) is 0 Å². The number of halogens is 4. The molecule has 0 aliphatic rings. The van der Waals surface area contributed by atoms with Crippen LogP contribution in [0.4, 0.5) is 30.2 Å². The Morgan fingerprint density at radius 2 is 1.75 bits per heavy atom. The molecule has 0 bridgehead atoms. The highest BCUT2D eigenvalue weighted by Crippen LogP contribution is 2.35. The summed E-state index contributed by atoms with van der Waals surface area (Å²) < 4.78 is 39.8. The van der Waals surface area contributed by atoms with Crippen molar-refractivity contribution in [2.45, 2.75) is 0 Å². The lowest BCUT2D eigenvalue weighted by atomic mass is 10.2. The molecular formula is C12H6ClF3N2O2. The van der Waals surface area contributed by atoms with E-state index < -0.39 is 33.7 Å². The van der Waals surface area contributed by atoms with Crippen LogP contribution in [0, 0.1) is 27.6 Å². The van der Waals surface area contributed by atoms with Gasteiger partial charge >= 0.3 is 5.69 Å². The number of hydrogen-bond acceptors (Lipinski definition) is 3. The summed E-state index contributed by atoms with van der Waals surface area (Å²) in [4.78, 5) is 10.1. The monoisotopic (exact) mass is 302 g/mol. The van der Waals surface area contributed by atoms with Crippen molar-refractivity contribution in [1.29, 1.82) is 0 Å². The number of para-hydroxylation sites is 1. The van der Waals surface area contributed by atoms with E-state index in [1.807, 2.05) is 0 Å². The van der Waals surface area contributed by atoms with Crippen LogP contribution in [0.2, 0.25) is 5.02 Å². The number of nitrogens with zero attached hydrogens (tertiary/aromatic N) is 1. The Morgan fingerprint density at radius 1 is 1.15 bits per heavy atom. The second-order valence-electron chi connectivity index (χ2n) is 3.76. The van der Waals surface area contributed by atoms with Gasteiger partial charge < -0.3 is 5.32 Å². The lowest BCUT2D eigenvalue weighted by molar-refractivity contribution is -0.383. The van der Waals surface area contributed by atoms with E-state index in [2.05, 4.69) is 5.32 Å². The minimum absolute atomic E-state index is 0.192. The fraction of sp³-hybridized carbons (Fsp3) is 0.